The molecule has 0 radical (unpaired) electrons. The second-order valence-electron chi connectivity index (χ2n) is 5.50. The molecule has 0 saturated carbocycles. The summed E-state index contributed by atoms with van der Waals surface area (Å²) in [5, 5.41) is 12.6. The van der Waals surface area contributed by atoms with Crippen LogP contribution in [0.2, 0.25) is 0 Å². The second kappa shape index (κ2) is 7.14. The van der Waals surface area contributed by atoms with Gasteiger partial charge in [-0.25, -0.2) is 0 Å². The molecule has 0 atom stereocenters. The third-order valence-corrected chi connectivity index (χ3v) is 2.80. The van der Waals surface area contributed by atoms with Crippen molar-refractivity contribution in [2.45, 2.75) is 27.3 Å². The van der Waals surface area contributed by atoms with E-state index in [0.29, 0.717) is 25.6 Å². The molecule has 0 unspecified atom stereocenters. The van der Waals surface area contributed by atoms with Crippen LogP contribution in [0.15, 0.2) is 18.2 Å². The fourth-order valence-corrected chi connectivity index (χ4v) is 1.81. The van der Waals surface area contributed by atoms with Gasteiger partial charge in [0.2, 0.25) is 5.91 Å². The molecule has 1 rings (SSSR count). The van der Waals surface area contributed by atoms with Crippen LogP contribution >= 0.6 is 0 Å². The minimum atomic E-state index is 0.0170. The normalized spacial score (nSPS) is 11.1. The summed E-state index contributed by atoms with van der Waals surface area (Å²) >= 11 is 0. The van der Waals surface area contributed by atoms with Crippen molar-refractivity contribution >= 4 is 5.91 Å². The van der Waals surface area contributed by atoms with Crippen molar-refractivity contribution in [2.75, 3.05) is 20.1 Å². The van der Waals surface area contributed by atoms with Crippen LogP contribution in [0, 0.1) is 12.8 Å². The molecule has 1 amide bonds. The molecule has 0 bridgehead atoms. The van der Waals surface area contributed by atoms with Crippen LogP contribution in [-0.4, -0.2) is 36.1 Å². The lowest BCUT2D eigenvalue weighted by atomic mass is 10.1. The van der Waals surface area contributed by atoms with Crippen molar-refractivity contribution in [1.82, 2.24) is 10.2 Å². The first kappa shape index (κ1) is 15.5. The third-order valence-electron chi connectivity index (χ3n) is 2.80. The highest BCUT2D eigenvalue weighted by molar-refractivity contribution is 5.77. The average Bonchev–Trinajstić information content (AvgIpc) is 2.31. The Morgan fingerprint density at radius 2 is 2.11 bits per heavy atom. The van der Waals surface area contributed by atoms with Crippen molar-refractivity contribution in [2.24, 2.45) is 5.92 Å². The molecule has 0 heterocycles. The van der Waals surface area contributed by atoms with Gasteiger partial charge in [-0.3, -0.25) is 9.69 Å². The molecule has 0 aromatic heterocycles. The summed E-state index contributed by atoms with van der Waals surface area (Å²) in [6.45, 7) is 7.70. The van der Waals surface area contributed by atoms with Crippen molar-refractivity contribution in [3.63, 3.8) is 0 Å². The largest absolute Gasteiger partial charge is 0.508 e. The molecular weight excluding hydrogens is 240 g/mol. The number of phenols is 1. The third kappa shape index (κ3) is 5.75. The Hall–Kier alpha value is -1.55. The summed E-state index contributed by atoms with van der Waals surface area (Å²) in [6, 6.07) is 5.50. The number of likely N-dealkylation sites (N-methyl/N-ethyl adjacent to an activating group) is 1. The van der Waals surface area contributed by atoms with E-state index < -0.39 is 0 Å². The van der Waals surface area contributed by atoms with E-state index in [1.54, 1.807) is 6.07 Å². The van der Waals surface area contributed by atoms with E-state index in [1.807, 2.05) is 31.0 Å². The monoisotopic (exact) mass is 264 g/mol. The van der Waals surface area contributed by atoms with E-state index in [2.05, 4.69) is 19.2 Å². The van der Waals surface area contributed by atoms with Crippen molar-refractivity contribution in [3.8, 4) is 5.75 Å². The Labute approximate surface area is 115 Å². The van der Waals surface area contributed by atoms with Crippen LogP contribution in [0.4, 0.5) is 0 Å². The van der Waals surface area contributed by atoms with Crippen molar-refractivity contribution < 1.29 is 9.90 Å². The fraction of sp³-hybridized carbons (Fsp3) is 0.533. The number of nitrogens with zero attached hydrogens (tertiary/aromatic N) is 1. The number of hydrogen-bond donors (Lipinski definition) is 2. The zero-order valence-electron chi connectivity index (χ0n) is 12.2. The van der Waals surface area contributed by atoms with Gasteiger partial charge in [-0.15, -0.1) is 0 Å². The standard InChI is InChI=1S/C15H24N2O2/c1-11(2)8-16-15(19)10-17(4)9-13-7-12(3)5-6-14(13)18/h5-7,11,18H,8-10H2,1-4H3,(H,16,19). The fourth-order valence-electron chi connectivity index (χ4n) is 1.81. The lowest BCUT2D eigenvalue weighted by Crippen LogP contribution is -2.36. The minimum absolute atomic E-state index is 0.0170. The number of nitrogens with one attached hydrogen (secondary N) is 1. The first-order chi connectivity index (χ1) is 8.88. The Bertz CT molecular complexity index is 430. The van der Waals surface area contributed by atoms with Crippen LogP contribution < -0.4 is 5.32 Å². The van der Waals surface area contributed by atoms with Gasteiger partial charge in [0.25, 0.3) is 0 Å². The Morgan fingerprint density at radius 3 is 2.74 bits per heavy atom. The molecule has 0 aliphatic rings. The SMILES string of the molecule is Cc1ccc(O)c(CN(C)CC(=O)NCC(C)C)c1. The van der Waals surface area contributed by atoms with E-state index >= 15 is 0 Å². The van der Waals surface area contributed by atoms with Gasteiger partial charge in [0.05, 0.1) is 6.54 Å². The highest BCUT2D eigenvalue weighted by Gasteiger charge is 2.09. The molecule has 2 N–H and O–H groups in total. The summed E-state index contributed by atoms with van der Waals surface area (Å²) in [6.07, 6.45) is 0. The van der Waals surface area contributed by atoms with Crippen LogP contribution in [0.5, 0.6) is 5.75 Å². The predicted molar refractivity (Wildman–Crippen MR) is 77.0 cm³/mol. The zero-order chi connectivity index (χ0) is 14.4. The second-order valence-corrected chi connectivity index (χ2v) is 5.50. The van der Waals surface area contributed by atoms with Gasteiger partial charge in [0.15, 0.2) is 0 Å². The van der Waals surface area contributed by atoms with Gasteiger partial charge < -0.3 is 10.4 Å². The van der Waals surface area contributed by atoms with E-state index in [9.17, 15) is 9.90 Å². The molecule has 0 aliphatic heterocycles. The number of aromatic hydroxyl groups is 1. The lowest BCUT2D eigenvalue weighted by molar-refractivity contribution is -0.122. The van der Waals surface area contributed by atoms with Gasteiger partial charge in [-0.2, -0.15) is 0 Å². The summed E-state index contributed by atoms with van der Waals surface area (Å²) in [5.41, 5.74) is 1.95. The maximum atomic E-state index is 11.7. The van der Waals surface area contributed by atoms with Gasteiger partial charge in [-0.05, 0) is 26.0 Å². The smallest absolute Gasteiger partial charge is 0.234 e. The lowest BCUT2D eigenvalue weighted by Gasteiger charge is -2.18. The molecule has 4 nitrogen and oxygen atoms in total. The maximum Gasteiger partial charge on any atom is 0.234 e. The molecule has 0 saturated heterocycles. The van der Waals surface area contributed by atoms with Crippen molar-refractivity contribution in [3.05, 3.63) is 29.3 Å². The van der Waals surface area contributed by atoms with Crippen LogP contribution in [0.25, 0.3) is 0 Å². The number of amides is 1. The van der Waals surface area contributed by atoms with Crippen LogP contribution in [0.1, 0.15) is 25.0 Å². The van der Waals surface area contributed by atoms with E-state index in [-0.39, 0.29) is 11.7 Å². The average molecular weight is 264 g/mol. The maximum absolute atomic E-state index is 11.7. The van der Waals surface area contributed by atoms with Gasteiger partial charge in [-0.1, -0.05) is 31.5 Å². The van der Waals surface area contributed by atoms with Crippen LogP contribution in [-0.2, 0) is 11.3 Å². The van der Waals surface area contributed by atoms with Gasteiger partial charge in [0, 0.05) is 18.7 Å². The van der Waals surface area contributed by atoms with Gasteiger partial charge >= 0.3 is 0 Å². The highest BCUT2D eigenvalue weighted by atomic mass is 16.3. The molecular formula is C15H24N2O2. The molecule has 0 aliphatic carbocycles. The summed E-state index contributed by atoms with van der Waals surface area (Å²) in [5.74, 6) is 0.749. The Balaban J connectivity index is 2.48. The first-order valence-corrected chi connectivity index (χ1v) is 6.62. The highest BCUT2D eigenvalue weighted by Crippen LogP contribution is 2.19. The Morgan fingerprint density at radius 1 is 1.42 bits per heavy atom. The number of carbonyl (C=O) groups is 1. The minimum Gasteiger partial charge on any atom is -0.508 e. The molecule has 106 valence electrons. The number of hydrogen-bond acceptors (Lipinski definition) is 3. The molecule has 4 heteroatoms. The molecule has 1 aromatic carbocycles. The van der Waals surface area contributed by atoms with E-state index in [4.69, 9.17) is 0 Å². The van der Waals surface area contributed by atoms with E-state index in [1.165, 1.54) is 0 Å². The molecule has 0 fully saturated rings. The van der Waals surface area contributed by atoms with Crippen LogP contribution in [0.3, 0.4) is 0 Å². The summed E-state index contributed by atoms with van der Waals surface area (Å²) in [4.78, 5) is 13.6. The number of carbonyl (C=O) groups excluding carboxylic acids is 1. The number of benzene rings is 1. The van der Waals surface area contributed by atoms with E-state index in [0.717, 1.165) is 11.1 Å². The summed E-state index contributed by atoms with van der Waals surface area (Å²) in [7, 11) is 1.87. The van der Waals surface area contributed by atoms with Gasteiger partial charge in [0.1, 0.15) is 5.75 Å². The van der Waals surface area contributed by atoms with Crippen molar-refractivity contribution in [1.29, 1.82) is 0 Å². The first-order valence-electron chi connectivity index (χ1n) is 6.62. The number of aryl methyl sites for hydroxylation is 1. The summed E-state index contributed by atoms with van der Waals surface area (Å²) < 4.78 is 0. The quantitative estimate of drug-likeness (QED) is 0.825. The number of rotatable bonds is 6. The molecule has 0 spiro atoms. The Kier molecular flexibility index (Phi) is 5.83. The molecule has 19 heavy (non-hydrogen) atoms. The predicted octanol–water partition coefficient (Wildman–Crippen LogP) is 1.90. The number of phenolic OH excluding ortho intramolecular Hbond substituents is 1. The zero-order valence-corrected chi connectivity index (χ0v) is 12.2. The topological polar surface area (TPSA) is 52.6 Å². The molecule has 1 aromatic rings.